The zero-order valence-electron chi connectivity index (χ0n) is 30.1. The molecular formula is C39H58LiN4+. The van der Waals surface area contributed by atoms with Crippen molar-refractivity contribution in [3.63, 3.8) is 0 Å². The summed E-state index contributed by atoms with van der Waals surface area (Å²) in [6, 6.07) is 23.7. The molecule has 0 aromatic heterocycles. The van der Waals surface area contributed by atoms with Crippen molar-refractivity contribution in [1.29, 1.82) is 0 Å². The molecule has 1 N–H and O–H groups in total. The van der Waals surface area contributed by atoms with Crippen molar-refractivity contribution in [2.24, 2.45) is 0 Å². The molecule has 0 saturated carbocycles. The summed E-state index contributed by atoms with van der Waals surface area (Å²) in [4.78, 5) is 8.06. The van der Waals surface area contributed by atoms with Crippen LogP contribution in [0.25, 0.3) is 10.9 Å². The second-order valence-electron chi connectivity index (χ2n) is 13.2. The average Bonchev–Trinajstić information content (AvgIpc) is 2.96. The second-order valence-corrected chi connectivity index (χ2v) is 13.2. The number of benzene rings is 3. The average molecular weight is 590 g/mol. The Morgan fingerprint density at radius 2 is 1.02 bits per heavy atom. The van der Waals surface area contributed by atoms with Gasteiger partial charge in [-0.25, -0.2) is 4.99 Å². The summed E-state index contributed by atoms with van der Waals surface area (Å²) < 4.78 is 0. The standard InChI is InChI=1S/C33H41N2.C6H16N2.Li/c1-22(2)28-16-12-17-29(23(3)4)32(28)34-20-27(26-14-10-9-11-15-26)21-35-33-30(24(5)6)18-13-19-31(33)25(7)8;1-7(2)5-6-8(3)4;/h9-25H,1-8H3;5-6H2,1-4H3;/q-1;;+1/p+1/b27-20+,35-21?;;. The number of allylic oxidation sites excluding steroid dienone is 1. The maximum atomic E-state index is 5.12. The fourth-order valence-electron chi connectivity index (χ4n) is 4.89. The first kappa shape index (κ1) is 39.4. The van der Waals surface area contributed by atoms with Crippen LogP contribution in [-0.2, 0) is 0 Å². The number of likely N-dealkylation sites (N-methyl/N-ethyl adjacent to an activating group) is 2. The SMILES string of the molecule is CC(C)c1cccc(C(C)C)c1[N-]/C=C(\C=[NH+]c1c(C(C)C)cccc1C(C)C)c1ccccc1.CN(C)CCN(C)C.[Li+]. The fraction of sp³-hybridized carbons (Fsp3) is 0.462. The van der Waals surface area contributed by atoms with E-state index < -0.39 is 0 Å². The first-order valence-corrected chi connectivity index (χ1v) is 15.9. The van der Waals surface area contributed by atoms with E-state index in [9.17, 15) is 0 Å². The van der Waals surface area contributed by atoms with Gasteiger partial charge in [0.25, 0.3) is 0 Å². The molecule has 3 aromatic carbocycles. The molecule has 0 aliphatic carbocycles. The van der Waals surface area contributed by atoms with Crippen LogP contribution < -0.4 is 23.9 Å². The molecule has 0 atom stereocenters. The minimum atomic E-state index is 0. The topological polar surface area (TPSA) is 34.6 Å². The molecule has 5 heteroatoms. The molecule has 0 radical (unpaired) electrons. The quantitative estimate of drug-likeness (QED) is 0.213. The van der Waals surface area contributed by atoms with Crippen molar-refractivity contribution in [2.75, 3.05) is 41.3 Å². The maximum Gasteiger partial charge on any atom is 1.00 e. The Balaban J connectivity index is 0.000000947. The van der Waals surface area contributed by atoms with E-state index in [1.54, 1.807) is 0 Å². The van der Waals surface area contributed by atoms with Crippen LogP contribution in [0.5, 0.6) is 0 Å². The molecule has 0 spiro atoms. The monoisotopic (exact) mass is 589 g/mol. The Kier molecular flexibility index (Phi) is 17.7. The number of rotatable bonds is 12. The zero-order chi connectivity index (χ0) is 32.1. The molecule has 0 fully saturated rings. The third kappa shape index (κ3) is 12.4. The van der Waals surface area contributed by atoms with Crippen molar-refractivity contribution in [3.8, 4) is 0 Å². The normalized spacial score (nSPS) is 12.0. The molecule has 0 unspecified atom stereocenters. The molecule has 0 bridgehead atoms. The third-order valence-electron chi connectivity index (χ3n) is 7.52. The summed E-state index contributed by atoms with van der Waals surface area (Å²) in [5, 5.41) is 5.12. The van der Waals surface area contributed by atoms with E-state index in [1.807, 2.05) is 6.20 Å². The Labute approximate surface area is 282 Å². The first-order valence-electron chi connectivity index (χ1n) is 15.9. The minimum Gasteiger partial charge on any atom is -0.663 e. The van der Waals surface area contributed by atoms with Crippen LogP contribution >= 0.6 is 0 Å². The van der Waals surface area contributed by atoms with Crippen molar-refractivity contribution in [3.05, 3.63) is 106 Å². The van der Waals surface area contributed by atoms with Crippen LogP contribution in [0.3, 0.4) is 0 Å². The third-order valence-corrected chi connectivity index (χ3v) is 7.52. The number of hydrogen-bond acceptors (Lipinski definition) is 2. The summed E-state index contributed by atoms with van der Waals surface area (Å²) in [5.41, 5.74) is 9.78. The van der Waals surface area contributed by atoms with Gasteiger partial charge in [-0.3, -0.25) is 0 Å². The molecule has 3 rings (SSSR count). The molecule has 3 aromatic rings. The van der Waals surface area contributed by atoms with Gasteiger partial charge in [0.1, 0.15) is 0 Å². The van der Waals surface area contributed by atoms with Crippen LogP contribution in [-0.4, -0.2) is 57.3 Å². The summed E-state index contributed by atoms with van der Waals surface area (Å²) in [7, 11) is 8.35. The van der Waals surface area contributed by atoms with Gasteiger partial charge in [0, 0.05) is 29.8 Å². The maximum absolute atomic E-state index is 5.12. The summed E-state index contributed by atoms with van der Waals surface area (Å²) in [6.07, 6.45) is 4.15. The molecular weight excluding hydrogens is 531 g/mol. The molecule has 4 nitrogen and oxygen atoms in total. The predicted octanol–water partition coefficient (Wildman–Crippen LogP) is 5.82. The van der Waals surface area contributed by atoms with Gasteiger partial charge in [-0.05, 0) is 57.4 Å². The van der Waals surface area contributed by atoms with Gasteiger partial charge in [-0.15, -0.1) is 5.69 Å². The predicted molar refractivity (Wildman–Crippen MR) is 190 cm³/mol. The van der Waals surface area contributed by atoms with E-state index >= 15 is 0 Å². The molecule has 234 valence electrons. The molecule has 44 heavy (non-hydrogen) atoms. The Hall–Kier alpha value is -2.61. The molecule has 0 saturated heterocycles. The minimum absolute atomic E-state index is 0. The number of nitrogens with zero attached hydrogens (tertiary/aromatic N) is 3. The van der Waals surface area contributed by atoms with Gasteiger partial charge in [0.15, 0.2) is 6.21 Å². The van der Waals surface area contributed by atoms with E-state index in [4.69, 9.17) is 5.32 Å². The number of nitrogens with one attached hydrogen (secondary N) is 1. The van der Waals surface area contributed by atoms with E-state index in [2.05, 4.69) is 171 Å². The van der Waals surface area contributed by atoms with Gasteiger partial charge in [0.05, 0.1) is 0 Å². The molecule has 0 amide bonds. The number of para-hydroxylation sites is 2. The van der Waals surface area contributed by atoms with E-state index in [0.717, 1.165) is 29.9 Å². The first-order chi connectivity index (χ1) is 20.3. The zero-order valence-corrected chi connectivity index (χ0v) is 30.1. The van der Waals surface area contributed by atoms with Crippen LogP contribution in [0.15, 0.2) is 72.9 Å². The number of hydrogen-bond donors (Lipinski definition) is 1. The van der Waals surface area contributed by atoms with Gasteiger partial charge < -0.3 is 15.1 Å². The fourth-order valence-corrected chi connectivity index (χ4v) is 4.89. The van der Waals surface area contributed by atoms with Crippen LogP contribution in [0, 0.1) is 0 Å². The smallest absolute Gasteiger partial charge is 0.663 e. The molecule has 0 aliphatic rings. The Morgan fingerprint density at radius 3 is 1.41 bits per heavy atom. The Bertz CT molecular complexity index is 1240. The van der Waals surface area contributed by atoms with Gasteiger partial charge >= 0.3 is 18.9 Å². The van der Waals surface area contributed by atoms with E-state index in [0.29, 0.717) is 23.7 Å². The van der Waals surface area contributed by atoms with Crippen molar-refractivity contribution < 1.29 is 23.9 Å². The second kappa shape index (κ2) is 19.7. The molecule has 0 aliphatic heterocycles. The van der Waals surface area contributed by atoms with E-state index in [-0.39, 0.29) is 18.9 Å². The van der Waals surface area contributed by atoms with Crippen LogP contribution in [0.1, 0.15) is 107 Å². The van der Waals surface area contributed by atoms with Crippen molar-refractivity contribution >= 4 is 23.2 Å². The summed E-state index contributed by atoms with van der Waals surface area (Å²) in [6.45, 7) is 20.3. The van der Waals surface area contributed by atoms with Crippen LogP contribution in [0.4, 0.5) is 11.4 Å². The van der Waals surface area contributed by atoms with Gasteiger partial charge in [-0.2, -0.15) is 6.20 Å². The summed E-state index contributed by atoms with van der Waals surface area (Å²) >= 11 is 0. The van der Waals surface area contributed by atoms with Crippen LogP contribution in [0.2, 0.25) is 0 Å². The van der Waals surface area contributed by atoms with Crippen molar-refractivity contribution in [1.82, 2.24) is 9.80 Å². The van der Waals surface area contributed by atoms with Gasteiger partial charge in [0.2, 0.25) is 5.69 Å². The van der Waals surface area contributed by atoms with Gasteiger partial charge in [-0.1, -0.05) is 133 Å². The van der Waals surface area contributed by atoms with Crippen molar-refractivity contribution in [2.45, 2.75) is 79.1 Å². The largest absolute Gasteiger partial charge is 1.00 e. The summed E-state index contributed by atoms with van der Waals surface area (Å²) in [5.74, 6) is 1.69. The Morgan fingerprint density at radius 1 is 0.614 bits per heavy atom. The molecule has 0 heterocycles. The van der Waals surface area contributed by atoms with E-state index in [1.165, 1.54) is 27.9 Å².